The molecule has 0 radical (unpaired) electrons. The third-order valence-corrected chi connectivity index (χ3v) is 12.5. The van der Waals surface area contributed by atoms with Gasteiger partial charge in [-0.25, -0.2) is 14.2 Å². The maximum Gasteiger partial charge on any atom is 0.367 e. The number of esters is 1. The van der Waals surface area contributed by atoms with Gasteiger partial charge in [-0.05, 0) is 107 Å². The van der Waals surface area contributed by atoms with Gasteiger partial charge in [0.2, 0.25) is 0 Å². The second-order valence-electron chi connectivity index (χ2n) is 16.2. The summed E-state index contributed by atoms with van der Waals surface area (Å²) in [6.45, 7) is 10.2. The zero-order chi connectivity index (χ0) is 41.2. The Morgan fingerprint density at radius 3 is 2.56 bits per heavy atom. The number of aromatic nitrogens is 2. The van der Waals surface area contributed by atoms with Gasteiger partial charge in [-0.3, -0.25) is 14.2 Å². The number of ether oxygens (including phenoxy) is 2. The van der Waals surface area contributed by atoms with Crippen LogP contribution >= 0.6 is 7.52 Å². The molecule has 13 nitrogen and oxygen atoms in total. The lowest BCUT2D eigenvalue weighted by Crippen LogP contribution is -2.44. The highest BCUT2D eigenvalue weighted by atomic mass is 31.2. The van der Waals surface area contributed by atoms with E-state index in [2.05, 4.69) is 16.1 Å². The topological polar surface area (TPSA) is 178 Å². The first kappa shape index (κ1) is 40.3. The number of terminal acetylenes is 1. The van der Waals surface area contributed by atoms with E-state index in [1.54, 1.807) is 58.0 Å². The molecule has 0 spiro atoms. The number of aliphatic hydroxyl groups is 2. The van der Waals surface area contributed by atoms with Crippen molar-refractivity contribution in [2.45, 2.75) is 103 Å². The largest absolute Gasteiger partial charge is 0.458 e. The number of carbonyl (C=O) groups is 2. The molecule has 1 aliphatic carbocycles. The number of amides is 1. The molecule has 2 aromatic carbocycles. The lowest BCUT2D eigenvalue weighted by molar-refractivity contribution is -0.172. The van der Waals surface area contributed by atoms with Crippen molar-refractivity contribution in [2.24, 2.45) is 0 Å². The van der Waals surface area contributed by atoms with Crippen LogP contribution in [-0.4, -0.2) is 56.1 Å². The van der Waals surface area contributed by atoms with E-state index < -0.39 is 53.6 Å². The normalized spacial score (nSPS) is 19.5. The zero-order valence-corrected chi connectivity index (χ0v) is 33.6. The monoisotopic (exact) mass is 800 g/mol. The Balaban J connectivity index is 1.15. The number of pyridine rings is 2. The van der Waals surface area contributed by atoms with Gasteiger partial charge in [-0.15, -0.1) is 6.42 Å². The Morgan fingerprint density at radius 2 is 1.89 bits per heavy atom. The summed E-state index contributed by atoms with van der Waals surface area (Å²) < 4.78 is 46.9. The lowest BCUT2D eigenvalue weighted by Gasteiger charge is -2.31. The number of nitrogens with one attached hydrogen (secondary N) is 2. The van der Waals surface area contributed by atoms with Crippen LogP contribution in [0.25, 0.3) is 22.3 Å². The molecule has 0 saturated heterocycles. The number of hydrogen-bond acceptors (Lipinski definition) is 10. The summed E-state index contributed by atoms with van der Waals surface area (Å²) in [6, 6.07) is 8.68. The highest BCUT2D eigenvalue weighted by Gasteiger charge is 2.46. The van der Waals surface area contributed by atoms with Gasteiger partial charge in [0.05, 0.1) is 59.5 Å². The Morgan fingerprint density at radius 1 is 1.18 bits per heavy atom. The summed E-state index contributed by atoms with van der Waals surface area (Å²) in [5.41, 5.74) is 2.96. The first-order valence-electron chi connectivity index (χ1n) is 18.9. The molecule has 4 heterocycles. The maximum atomic E-state index is 15.3. The van der Waals surface area contributed by atoms with Crippen LogP contribution in [0.1, 0.15) is 104 Å². The molecular formula is C42H46FN4O9P. The minimum Gasteiger partial charge on any atom is -0.458 e. The summed E-state index contributed by atoms with van der Waals surface area (Å²) in [5, 5.41) is 28.0. The van der Waals surface area contributed by atoms with Crippen molar-refractivity contribution in [3.05, 3.63) is 91.5 Å². The molecule has 300 valence electrons. The van der Waals surface area contributed by atoms with E-state index in [9.17, 15) is 29.2 Å². The van der Waals surface area contributed by atoms with Crippen LogP contribution < -0.4 is 16.0 Å². The molecule has 3 atom stereocenters. The average molecular weight is 801 g/mol. The predicted octanol–water partition coefficient (Wildman–Crippen LogP) is 6.11. The summed E-state index contributed by atoms with van der Waals surface area (Å²) in [4.78, 5) is 45.4. The van der Waals surface area contributed by atoms with Crippen molar-refractivity contribution in [1.82, 2.24) is 14.9 Å². The van der Waals surface area contributed by atoms with Gasteiger partial charge < -0.3 is 39.2 Å². The van der Waals surface area contributed by atoms with Crippen LogP contribution in [-0.2, 0) is 48.5 Å². The Hall–Kier alpha value is -4.90. The predicted molar refractivity (Wildman–Crippen MR) is 211 cm³/mol. The number of fused-ring (bicyclic) bond motifs is 5. The number of cyclic esters (lactones) is 1. The van der Waals surface area contributed by atoms with Gasteiger partial charge >= 0.3 is 13.5 Å². The first-order chi connectivity index (χ1) is 26.8. The van der Waals surface area contributed by atoms with Crippen molar-refractivity contribution in [3.8, 4) is 23.5 Å². The molecule has 2 aromatic heterocycles. The number of aryl methyl sites for hydroxylation is 1. The smallest absolute Gasteiger partial charge is 0.367 e. The summed E-state index contributed by atoms with van der Waals surface area (Å²) in [5.74, 6) is -1.65. The van der Waals surface area contributed by atoms with Gasteiger partial charge in [0, 0.05) is 39.5 Å². The molecule has 1 amide bonds. The van der Waals surface area contributed by atoms with Gasteiger partial charge in [0.1, 0.15) is 12.4 Å². The molecular weight excluding hydrogens is 754 g/mol. The Labute approximate surface area is 329 Å². The molecule has 4 aromatic rings. The standard InChI is InChI=1S/C42H46FN4O9P/c1-8-42(52)29-18-33-36-27(20-47(33)38(49)28(29)21-54-39(42)50)35-31(15-14-26-23(3)30(43)19-32(44-36)34(26)35)45-37(48)24-10-12-25(13-11-24)46-57(53,9-2)56-17-16-41(6,7)55-22-40(4,5)51/h2,10-13,18-19,31,51-52H,8,14-17,20-22H2,1,3-7H3,(H,45,48)(H,46,53). The maximum absolute atomic E-state index is 15.3. The van der Waals surface area contributed by atoms with Crippen LogP contribution in [0.2, 0.25) is 0 Å². The number of anilines is 1. The highest BCUT2D eigenvalue weighted by molar-refractivity contribution is 7.65. The lowest BCUT2D eigenvalue weighted by atomic mass is 9.81. The van der Waals surface area contributed by atoms with Crippen molar-refractivity contribution in [3.63, 3.8) is 0 Å². The highest BCUT2D eigenvalue weighted by Crippen LogP contribution is 2.47. The SMILES string of the molecule is C#CP(=O)(Nc1ccc(C(=O)NC2CCc3c(C)c(F)cc4nc5c(c2c34)Cn2c-5cc3c(c2=O)COC(=O)C3(O)CC)cc1)OCCC(C)(C)OCC(C)(C)O. The van der Waals surface area contributed by atoms with Crippen molar-refractivity contribution in [1.29, 1.82) is 0 Å². The molecule has 7 rings (SSSR count). The van der Waals surface area contributed by atoms with E-state index in [0.717, 1.165) is 16.5 Å². The van der Waals surface area contributed by atoms with E-state index in [-0.39, 0.29) is 43.9 Å². The third-order valence-electron chi connectivity index (χ3n) is 11.1. The van der Waals surface area contributed by atoms with E-state index in [1.165, 1.54) is 10.6 Å². The summed E-state index contributed by atoms with van der Waals surface area (Å²) in [7, 11) is -3.77. The molecule has 3 aliphatic rings. The molecule has 4 N–H and O–H groups in total. The minimum atomic E-state index is -3.77. The fraction of sp³-hybridized carbons (Fsp3) is 0.429. The van der Waals surface area contributed by atoms with Crippen molar-refractivity contribution >= 4 is 36.0 Å². The van der Waals surface area contributed by atoms with Gasteiger partial charge in [-0.1, -0.05) is 6.92 Å². The summed E-state index contributed by atoms with van der Waals surface area (Å²) >= 11 is 0. The van der Waals surface area contributed by atoms with Crippen LogP contribution in [0, 0.1) is 24.8 Å². The quantitative estimate of drug-likeness (QED) is 0.0650. The fourth-order valence-corrected chi connectivity index (χ4v) is 8.81. The average Bonchev–Trinajstić information content (AvgIpc) is 3.53. The van der Waals surface area contributed by atoms with Gasteiger partial charge in [0.25, 0.3) is 11.5 Å². The van der Waals surface area contributed by atoms with E-state index in [1.807, 2.05) is 13.8 Å². The number of carbonyl (C=O) groups excluding carboxylic acids is 2. The Bertz CT molecular complexity index is 2490. The van der Waals surface area contributed by atoms with E-state index >= 15 is 4.39 Å². The van der Waals surface area contributed by atoms with Crippen molar-refractivity contribution in [2.75, 3.05) is 18.3 Å². The molecule has 3 unspecified atom stereocenters. The minimum absolute atomic E-state index is 0.0130. The van der Waals surface area contributed by atoms with Crippen LogP contribution in [0.5, 0.6) is 0 Å². The van der Waals surface area contributed by atoms with E-state index in [0.29, 0.717) is 58.5 Å². The number of halogens is 1. The van der Waals surface area contributed by atoms with Crippen LogP contribution in [0.4, 0.5) is 10.1 Å². The number of benzene rings is 2. The molecule has 0 bridgehead atoms. The first-order valence-corrected chi connectivity index (χ1v) is 20.5. The molecule has 0 fully saturated rings. The van der Waals surface area contributed by atoms with Crippen molar-refractivity contribution < 1.29 is 42.8 Å². The third kappa shape index (κ3) is 7.39. The van der Waals surface area contributed by atoms with Crippen LogP contribution in [0.15, 0.2) is 41.2 Å². The molecule has 0 saturated carbocycles. The van der Waals surface area contributed by atoms with Crippen LogP contribution in [0.3, 0.4) is 0 Å². The Kier molecular flexibility index (Phi) is 10.2. The zero-order valence-electron chi connectivity index (χ0n) is 32.7. The number of nitrogens with zero attached hydrogens (tertiary/aromatic N) is 2. The molecule has 57 heavy (non-hydrogen) atoms. The van der Waals surface area contributed by atoms with Gasteiger partial charge in [0.15, 0.2) is 5.60 Å². The van der Waals surface area contributed by atoms with Gasteiger partial charge in [-0.2, -0.15) is 0 Å². The molecule has 2 aliphatic heterocycles. The number of rotatable bonds is 12. The summed E-state index contributed by atoms with van der Waals surface area (Å²) in [6.07, 6.45) is 6.86. The van der Waals surface area contributed by atoms with E-state index in [4.69, 9.17) is 25.4 Å². The second-order valence-corrected chi connectivity index (χ2v) is 18.0. The fourth-order valence-electron chi connectivity index (χ4n) is 7.77. The number of hydrogen-bond donors (Lipinski definition) is 4. The molecule has 15 heteroatoms. The second kappa shape index (κ2) is 14.5.